The van der Waals surface area contributed by atoms with Gasteiger partial charge in [0.15, 0.2) is 0 Å². The molecule has 4 heterocycles. The molecule has 1 aliphatic heterocycles. The number of nitrogens with two attached hydrogens (primary N) is 1. The number of rotatable bonds is 7. The number of fused-ring (bicyclic) bond motifs is 1. The molecule has 9 heteroatoms. The van der Waals surface area contributed by atoms with Gasteiger partial charge in [-0.3, -0.25) is 10.00 Å². The number of aliphatic hydroxyl groups is 1. The number of aromatic nitrogens is 3. The molecule has 178 valence electrons. The van der Waals surface area contributed by atoms with Crippen LogP contribution >= 0.6 is 11.3 Å². The molecule has 1 atom stereocenters. The number of anilines is 2. The Morgan fingerprint density at radius 2 is 2.06 bits per heavy atom. The Kier molecular flexibility index (Phi) is 6.51. The molecule has 1 saturated heterocycles. The standard InChI is InChI=1S/C25H31N7OS/c1-16-3-5-19-22(26)23(34-25(19)30-16)24(33)28-8-7-17-4-6-21(32-11-9-27-10-12-32)20(13-17)18-14-29-31(2)15-18/h3-6,13-15,24,27-28,33H,7-12,26H2,1-2H3. The van der Waals surface area contributed by atoms with Crippen molar-refractivity contribution in [2.45, 2.75) is 19.6 Å². The number of pyridine rings is 1. The van der Waals surface area contributed by atoms with Crippen LogP contribution in [0.25, 0.3) is 21.3 Å². The summed E-state index contributed by atoms with van der Waals surface area (Å²) in [5.41, 5.74) is 12.6. The van der Waals surface area contributed by atoms with Crippen LogP contribution in [0.15, 0.2) is 42.7 Å². The van der Waals surface area contributed by atoms with E-state index in [2.05, 4.69) is 50.0 Å². The third-order valence-corrected chi connectivity index (χ3v) is 7.46. The Hall–Kier alpha value is -2.98. The summed E-state index contributed by atoms with van der Waals surface area (Å²) in [6, 6.07) is 10.6. The van der Waals surface area contributed by atoms with Gasteiger partial charge < -0.3 is 21.1 Å². The Bertz CT molecular complexity index is 1290. The van der Waals surface area contributed by atoms with Crippen LogP contribution in [0.5, 0.6) is 0 Å². The van der Waals surface area contributed by atoms with Crippen molar-refractivity contribution in [3.8, 4) is 11.1 Å². The highest BCUT2D eigenvalue weighted by Gasteiger charge is 2.19. The molecule has 34 heavy (non-hydrogen) atoms. The molecule has 1 aromatic carbocycles. The van der Waals surface area contributed by atoms with E-state index in [0.29, 0.717) is 12.2 Å². The Morgan fingerprint density at radius 3 is 2.82 bits per heavy atom. The van der Waals surface area contributed by atoms with Crippen molar-refractivity contribution in [2.24, 2.45) is 7.05 Å². The van der Waals surface area contributed by atoms with E-state index in [0.717, 1.165) is 59.0 Å². The van der Waals surface area contributed by atoms with Gasteiger partial charge >= 0.3 is 0 Å². The van der Waals surface area contributed by atoms with Crippen LogP contribution in [0.4, 0.5) is 11.4 Å². The summed E-state index contributed by atoms with van der Waals surface area (Å²) < 4.78 is 1.84. The molecule has 1 unspecified atom stereocenters. The van der Waals surface area contributed by atoms with E-state index in [-0.39, 0.29) is 0 Å². The van der Waals surface area contributed by atoms with Crippen LogP contribution in [0.3, 0.4) is 0 Å². The molecule has 3 aromatic heterocycles. The highest BCUT2D eigenvalue weighted by atomic mass is 32.1. The number of aliphatic hydroxyl groups excluding tert-OH is 1. The monoisotopic (exact) mass is 477 g/mol. The lowest BCUT2D eigenvalue weighted by Gasteiger charge is -2.31. The highest BCUT2D eigenvalue weighted by molar-refractivity contribution is 7.19. The summed E-state index contributed by atoms with van der Waals surface area (Å²) >= 11 is 1.44. The number of nitrogens with zero attached hydrogens (tertiary/aromatic N) is 4. The van der Waals surface area contributed by atoms with Gasteiger partial charge in [-0.2, -0.15) is 5.10 Å². The van der Waals surface area contributed by atoms with Crippen molar-refractivity contribution < 1.29 is 5.11 Å². The number of benzene rings is 1. The molecule has 4 aromatic rings. The third-order valence-electron chi connectivity index (χ3n) is 6.30. The number of hydrogen-bond acceptors (Lipinski definition) is 8. The van der Waals surface area contributed by atoms with E-state index < -0.39 is 6.23 Å². The van der Waals surface area contributed by atoms with Crippen molar-refractivity contribution >= 4 is 32.9 Å². The average molecular weight is 478 g/mol. The lowest BCUT2D eigenvalue weighted by Crippen LogP contribution is -2.43. The first-order valence-corrected chi connectivity index (χ1v) is 12.5. The second-order valence-corrected chi connectivity index (χ2v) is 9.81. The molecule has 0 bridgehead atoms. The van der Waals surface area contributed by atoms with Crippen molar-refractivity contribution in [3.63, 3.8) is 0 Å². The third kappa shape index (κ3) is 4.65. The number of hydrogen-bond donors (Lipinski definition) is 4. The second kappa shape index (κ2) is 9.71. The fourth-order valence-corrected chi connectivity index (χ4v) is 5.57. The summed E-state index contributed by atoms with van der Waals surface area (Å²) in [5, 5.41) is 22.7. The maximum atomic E-state index is 10.8. The zero-order chi connectivity index (χ0) is 23.7. The first-order valence-electron chi connectivity index (χ1n) is 11.6. The molecule has 5 N–H and O–H groups in total. The number of aryl methyl sites for hydroxylation is 2. The van der Waals surface area contributed by atoms with E-state index in [1.165, 1.54) is 28.2 Å². The first-order chi connectivity index (χ1) is 16.5. The maximum Gasteiger partial charge on any atom is 0.142 e. The molecule has 0 radical (unpaired) electrons. The minimum Gasteiger partial charge on any atom is -0.397 e. The lowest BCUT2D eigenvalue weighted by atomic mass is 10.0. The minimum atomic E-state index is -0.822. The van der Waals surface area contributed by atoms with Crippen LogP contribution in [0.2, 0.25) is 0 Å². The van der Waals surface area contributed by atoms with E-state index in [1.807, 2.05) is 37.0 Å². The molecule has 0 spiro atoms. The lowest BCUT2D eigenvalue weighted by molar-refractivity contribution is 0.144. The van der Waals surface area contributed by atoms with Crippen molar-refractivity contribution in [1.82, 2.24) is 25.4 Å². The molecule has 0 aliphatic carbocycles. The second-order valence-electron chi connectivity index (χ2n) is 8.78. The van der Waals surface area contributed by atoms with E-state index in [4.69, 9.17) is 5.73 Å². The SMILES string of the molecule is Cc1ccc2c(N)c(C(O)NCCc3ccc(N4CCNCC4)c(-c4cnn(C)c4)c3)sc2n1. The molecule has 0 saturated carbocycles. The summed E-state index contributed by atoms with van der Waals surface area (Å²) in [6.45, 7) is 6.55. The summed E-state index contributed by atoms with van der Waals surface area (Å²) in [5.74, 6) is 0. The van der Waals surface area contributed by atoms with Crippen LogP contribution in [-0.2, 0) is 13.5 Å². The summed E-state index contributed by atoms with van der Waals surface area (Å²) in [4.78, 5) is 8.55. The van der Waals surface area contributed by atoms with E-state index in [1.54, 1.807) is 0 Å². The zero-order valence-corrected chi connectivity index (χ0v) is 20.4. The molecular weight excluding hydrogens is 446 g/mol. The van der Waals surface area contributed by atoms with Gasteiger partial charge in [0.2, 0.25) is 0 Å². The van der Waals surface area contributed by atoms with Crippen LogP contribution in [0.1, 0.15) is 22.4 Å². The normalized spacial score (nSPS) is 15.2. The molecule has 8 nitrogen and oxygen atoms in total. The average Bonchev–Trinajstić information content (AvgIpc) is 3.42. The molecular formula is C25H31N7OS. The Labute approximate surface area is 203 Å². The van der Waals surface area contributed by atoms with Crippen LogP contribution in [-0.4, -0.2) is 52.6 Å². The van der Waals surface area contributed by atoms with Crippen LogP contribution < -0.4 is 21.3 Å². The van der Waals surface area contributed by atoms with E-state index >= 15 is 0 Å². The van der Waals surface area contributed by atoms with Gasteiger partial charge in [0.25, 0.3) is 0 Å². The van der Waals surface area contributed by atoms with Gasteiger partial charge in [0, 0.05) is 73.9 Å². The molecule has 1 fully saturated rings. The smallest absolute Gasteiger partial charge is 0.142 e. The maximum absolute atomic E-state index is 10.8. The fourth-order valence-electron chi connectivity index (χ4n) is 4.47. The van der Waals surface area contributed by atoms with Crippen molar-refractivity contribution in [1.29, 1.82) is 0 Å². The predicted octanol–water partition coefficient (Wildman–Crippen LogP) is 2.82. The summed E-state index contributed by atoms with van der Waals surface area (Å²) in [6.07, 6.45) is 3.95. The number of thiophene rings is 1. The van der Waals surface area contributed by atoms with Gasteiger partial charge in [-0.15, -0.1) is 11.3 Å². The predicted molar refractivity (Wildman–Crippen MR) is 139 cm³/mol. The van der Waals surface area contributed by atoms with Gasteiger partial charge in [-0.05, 0) is 43.2 Å². The Balaban J connectivity index is 1.31. The van der Waals surface area contributed by atoms with Crippen LogP contribution in [0, 0.1) is 6.92 Å². The highest BCUT2D eigenvalue weighted by Crippen LogP contribution is 2.36. The van der Waals surface area contributed by atoms with Gasteiger partial charge in [-0.1, -0.05) is 6.07 Å². The quantitative estimate of drug-likeness (QED) is 0.304. The molecule has 0 amide bonds. The zero-order valence-electron chi connectivity index (χ0n) is 19.6. The molecule has 5 rings (SSSR count). The number of nitrogens with one attached hydrogen (secondary N) is 2. The fraction of sp³-hybridized carbons (Fsp3) is 0.360. The molecule has 1 aliphatic rings. The van der Waals surface area contributed by atoms with Gasteiger partial charge in [0.05, 0.1) is 16.8 Å². The topological polar surface area (TPSA) is 104 Å². The van der Waals surface area contributed by atoms with Gasteiger partial charge in [-0.25, -0.2) is 4.98 Å². The van der Waals surface area contributed by atoms with Crippen molar-refractivity contribution in [3.05, 3.63) is 58.9 Å². The van der Waals surface area contributed by atoms with E-state index in [9.17, 15) is 5.11 Å². The minimum absolute atomic E-state index is 0.603. The Morgan fingerprint density at radius 1 is 1.24 bits per heavy atom. The first kappa shape index (κ1) is 22.8. The van der Waals surface area contributed by atoms with Crippen molar-refractivity contribution in [2.75, 3.05) is 43.4 Å². The largest absolute Gasteiger partial charge is 0.397 e. The number of piperazine rings is 1. The summed E-state index contributed by atoms with van der Waals surface area (Å²) in [7, 11) is 1.94. The van der Waals surface area contributed by atoms with Gasteiger partial charge in [0.1, 0.15) is 11.1 Å². The number of nitrogen functional groups attached to an aromatic ring is 1.